The van der Waals surface area contributed by atoms with E-state index in [0.717, 1.165) is 0 Å². The highest BCUT2D eigenvalue weighted by Crippen LogP contribution is 2.21. The van der Waals surface area contributed by atoms with Gasteiger partial charge in [0.2, 0.25) is 0 Å². The Morgan fingerprint density at radius 3 is 2.85 bits per heavy atom. The Bertz CT molecular complexity index is 278. The van der Waals surface area contributed by atoms with Gasteiger partial charge in [0, 0.05) is 6.61 Å². The summed E-state index contributed by atoms with van der Waals surface area (Å²) in [6.07, 6.45) is 0. The number of hydrogen-bond donors (Lipinski definition) is 0. The standard InChI is InChI=1S/C9H10BrFO2/c1-2-12-6-13-7-3-4-9(11)8(10)5-7/h3-5H,2,6H2,1H3. The Morgan fingerprint density at radius 2 is 2.23 bits per heavy atom. The molecule has 0 saturated carbocycles. The van der Waals surface area contributed by atoms with E-state index < -0.39 is 0 Å². The molecule has 0 bridgehead atoms. The van der Waals surface area contributed by atoms with Crippen molar-refractivity contribution in [3.8, 4) is 5.75 Å². The van der Waals surface area contributed by atoms with Crippen molar-refractivity contribution in [2.75, 3.05) is 13.4 Å². The molecule has 4 heteroatoms. The number of hydrogen-bond acceptors (Lipinski definition) is 2. The van der Waals surface area contributed by atoms with Crippen molar-refractivity contribution < 1.29 is 13.9 Å². The second-order valence-corrected chi connectivity index (χ2v) is 3.19. The predicted molar refractivity (Wildman–Crippen MR) is 51.2 cm³/mol. The molecule has 0 aliphatic rings. The van der Waals surface area contributed by atoms with Gasteiger partial charge in [0.15, 0.2) is 6.79 Å². The number of halogens is 2. The maximum absolute atomic E-state index is 12.8. The predicted octanol–water partition coefficient (Wildman–Crippen LogP) is 2.96. The first-order valence-electron chi connectivity index (χ1n) is 3.89. The molecule has 2 nitrogen and oxygen atoms in total. The molecule has 13 heavy (non-hydrogen) atoms. The van der Waals surface area contributed by atoms with Gasteiger partial charge in [-0.15, -0.1) is 0 Å². The zero-order chi connectivity index (χ0) is 9.68. The van der Waals surface area contributed by atoms with Gasteiger partial charge in [-0.3, -0.25) is 0 Å². The lowest BCUT2D eigenvalue weighted by atomic mass is 10.3. The molecule has 0 saturated heterocycles. The second-order valence-electron chi connectivity index (χ2n) is 2.33. The molecule has 0 spiro atoms. The van der Waals surface area contributed by atoms with Crippen LogP contribution in [0.2, 0.25) is 0 Å². The molecule has 1 aromatic carbocycles. The van der Waals surface area contributed by atoms with Crippen molar-refractivity contribution >= 4 is 15.9 Å². The van der Waals surface area contributed by atoms with Crippen molar-refractivity contribution in [2.24, 2.45) is 0 Å². The quantitative estimate of drug-likeness (QED) is 0.603. The van der Waals surface area contributed by atoms with Gasteiger partial charge in [0.25, 0.3) is 0 Å². The summed E-state index contributed by atoms with van der Waals surface area (Å²) in [6, 6.07) is 4.46. The lowest BCUT2D eigenvalue weighted by Crippen LogP contribution is -2.01. The van der Waals surface area contributed by atoms with Crippen LogP contribution in [0, 0.1) is 5.82 Å². The fourth-order valence-corrected chi connectivity index (χ4v) is 1.12. The van der Waals surface area contributed by atoms with Crippen molar-refractivity contribution in [1.82, 2.24) is 0 Å². The molecule has 0 aliphatic carbocycles. The highest BCUT2D eigenvalue weighted by Gasteiger charge is 2.00. The summed E-state index contributed by atoms with van der Waals surface area (Å²) in [6.45, 7) is 2.67. The first kappa shape index (κ1) is 10.5. The van der Waals surface area contributed by atoms with Gasteiger partial charge in [-0.05, 0) is 41.1 Å². The number of rotatable bonds is 4. The van der Waals surface area contributed by atoms with Crippen LogP contribution in [0.3, 0.4) is 0 Å². The van der Waals surface area contributed by atoms with Crippen LogP contribution < -0.4 is 4.74 Å². The second kappa shape index (κ2) is 5.19. The monoisotopic (exact) mass is 248 g/mol. The molecule has 0 amide bonds. The van der Waals surface area contributed by atoms with Crippen LogP contribution in [0.5, 0.6) is 5.75 Å². The summed E-state index contributed by atoms with van der Waals surface area (Å²) in [7, 11) is 0. The summed E-state index contributed by atoms with van der Waals surface area (Å²) in [4.78, 5) is 0. The average molecular weight is 249 g/mol. The third kappa shape index (κ3) is 3.32. The van der Waals surface area contributed by atoms with Gasteiger partial charge in [0.05, 0.1) is 4.47 Å². The van der Waals surface area contributed by atoms with Crippen LogP contribution in [-0.4, -0.2) is 13.4 Å². The molecule has 0 unspecified atom stereocenters. The van der Waals surface area contributed by atoms with E-state index in [1.54, 1.807) is 12.1 Å². The molecule has 0 aromatic heterocycles. The number of ether oxygens (including phenoxy) is 2. The molecule has 0 fully saturated rings. The van der Waals surface area contributed by atoms with Crippen LogP contribution in [0.15, 0.2) is 22.7 Å². The molecule has 0 atom stereocenters. The van der Waals surface area contributed by atoms with Crippen molar-refractivity contribution in [1.29, 1.82) is 0 Å². The average Bonchev–Trinajstić information content (AvgIpc) is 2.12. The normalized spacial score (nSPS) is 10.1. The first-order chi connectivity index (χ1) is 6.24. The van der Waals surface area contributed by atoms with Gasteiger partial charge in [-0.25, -0.2) is 4.39 Å². The Hall–Kier alpha value is -0.610. The van der Waals surface area contributed by atoms with E-state index in [-0.39, 0.29) is 12.6 Å². The van der Waals surface area contributed by atoms with Gasteiger partial charge in [0.1, 0.15) is 11.6 Å². The van der Waals surface area contributed by atoms with Crippen molar-refractivity contribution in [2.45, 2.75) is 6.92 Å². The molecule has 72 valence electrons. The topological polar surface area (TPSA) is 18.5 Å². The summed E-state index contributed by atoms with van der Waals surface area (Å²) in [5, 5.41) is 0. The first-order valence-corrected chi connectivity index (χ1v) is 4.69. The van der Waals surface area contributed by atoms with E-state index in [1.165, 1.54) is 6.07 Å². The van der Waals surface area contributed by atoms with Gasteiger partial charge in [-0.1, -0.05) is 0 Å². The minimum absolute atomic E-state index is 0.189. The highest BCUT2D eigenvalue weighted by molar-refractivity contribution is 9.10. The zero-order valence-electron chi connectivity index (χ0n) is 7.22. The summed E-state index contributed by atoms with van der Waals surface area (Å²) in [5.74, 6) is 0.283. The lowest BCUT2D eigenvalue weighted by molar-refractivity contribution is 0.0223. The molecule has 0 heterocycles. The van der Waals surface area contributed by atoms with E-state index in [0.29, 0.717) is 16.8 Å². The summed E-state index contributed by atoms with van der Waals surface area (Å²) >= 11 is 3.06. The molecule has 1 aromatic rings. The van der Waals surface area contributed by atoms with Crippen molar-refractivity contribution in [3.05, 3.63) is 28.5 Å². The van der Waals surface area contributed by atoms with Crippen LogP contribution >= 0.6 is 15.9 Å². The number of benzene rings is 1. The molecule has 0 aliphatic heterocycles. The maximum Gasteiger partial charge on any atom is 0.189 e. The molecular weight excluding hydrogens is 239 g/mol. The Morgan fingerprint density at radius 1 is 1.46 bits per heavy atom. The fraction of sp³-hybridized carbons (Fsp3) is 0.333. The Labute approximate surface area is 84.8 Å². The van der Waals surface area contributed by atoms with Gasteiger partial charge < -0.3 is 9.47 Å². The zero-order valence-corrected chi connectivity index (χ0v) is 8.80. The Kier molecular flexibility index (Phi) is 4.18. The van der Waals surface area contributed by atoms with Crippen LogP contribution in [-0.2, 0) is 4.74 Å². The minimum atomic E-state index is -0.302. The fourth-order valence-electron chi connectivity index (χ4n) is 0.760. The van der Waals surface area contributed by atoms with Crippen LogP contribution in [0.1, 0.15) is 6.92 Å². The summed E-state index contributed by atoms with van der Waals surface area (Å²) < 4.78 is 23.3. The minimum Gasteiger partial charge on any atom is -0.468 e. The third-order valence-corrected chi connectivity index (χ3v) is 2.01. The van der Waals surface area contributed by atoms with Crippen LogP contribution in [0.4, 0.5) is 4.39 Å². The molecule has 0 radical (unpaired) electrons. The van der Waals surface area contributed by atoms with E-state index in [9.17, 15) is 4.39 Å². The molecule has 0 N–H and O–H groups in total. The van der Waals surface area contributed by atoms with E-state index >= 15 is 0 Å². The lowest BCUT2D eigenvalue weighted by Gasteiger charge is -2.05. The smallest absolute Gasteiger partial charge is 0.189 e. The van der Waals surface area contributed by atoms with E-state index in [1.807, 2.05) is 6.92 Å². The third-order valence-electron chi connectivity index (χ3n) is 1.40. The van der Waals surface area contributed by atoms with Crippen LogP contribution in [0.25, 0.3) is 0 Å². The molecule has 1 rings (SSSR count). The van der Waals surface area contributed by atoms with Crippen molar-refractivity contribution in [3.63, 3.8) is 0 Å². The van der Waals surface area contributed by atoms with Gasteiger partial charge >= 0.3 is 0 Å². The highest BCUT2D eigenvalue weighted by atomic mass is 79.9. The maximum atomic E-state index is 12.8. The Balaban J connectivity index is 2.53. The molecular formula is C9H10BrFO2. The largest absolute Gasteiger partial charge is 0.468 e. The van der Waals surface area contributed by atoms with Gasteiger partial charge in [-0.2, -0.15) is 0 Å². The summed E-state index contributed by atoms with van der Waals surface area (Å²) in [5.41, 5.74) is 0. The van der Waals surface area contributed by atoms with E-state index in [4.69, 9.17) is 9.47 Å². The SMILES string of the molecule is CCOCOc1ccc(F)c(Br)c1. The van der Waals surface area contributed by atoms with E-state index in [2.05, 4.69) is 15.9 Å².